The Morgan fingerprint density at radius 1 is 1.13 bits per heavy atom. The van der Waals surface area contributed by atoms with Gasteiger partial charge in [0.1, 0.15) is 0 Å². The highest BCUT2D eigenvalue weighted by Gasteiger charge is 2.26. The van der Waals surface area contributed by atoms with Crippen LogP contribution >= 0.6 is 0 Å². The van der Waals surface area contributed by atoms with Crippen molar-refractivity contribution in [1.82, 2.24) is 19.9 Å². The molecule has 0 aliphatic carbocycles. The molecule has 0 radical (unpaired) electrons. The summed E-state index contributed by atoms with van der Waals surface area (Å²) in [4.78, 5) is 15.4. The molecule has 0 bridgehead atoms. The zero-order valence-corrected chi connectivity index (χ0v) is 13.1. The van der Waals surface area contributed by atoms with Crippen LogP contribution in [0.15, 0.2) is 48.8 Å². The van der Waals surface area contributed by atoms with Crippen molar-refractivity contribution >= 4 is 16.9 Å². The van der Waals surface area contributed by atoms with Gasteiger partial charge in [-0.3, -0.25) is 9.88 Å². The third kappa shape index (κ3) is 3.14. The molecule has 0 saturated carbocycles. The molecule has 116 valence electrons. The van der Waals surface area contributed by atoms with E-state index in [-0.39, 0.29) is 0 Å². The largest absolute Gasteiger partial charge is 0.349 e. The summed E-state index contributed by atoms with van der Waals surface area (Å²) in [5, 5.41) is 4.57. The lowest BCUT2D eigenvalue weighted by Gasteiger charge is -2.39. The molecule has 3 heterocycles. The first kappa shape index (κ1) is 14.1. The van der Waals surface area contributed by atoms with Crippen LogP contribution in [0.2, 0.25) is 0 Å². The highest BCUT2D eigenvalue weighted by atomic mass is 15.3. The second kappa shape index (κ2) is 5.93. The second-order valence-corrected chi connectivity index (χ2v) is 6.09. The summed E-state index contributed by atoms with van der Waals surface area (Å²) in [6.45, 7) is 5.03. The number of nitrogens with zero attached hydrogens (tertiary/aromatic N) is 4. The van der Waals surface area contributed by atoms with E-state index in [1.54, 1.807) is 12.4 Å². The summed E-state index contributed by atoms with van der Waals surface area (Å²) in [6.07, 6.45) is 3.52. The standard InChI is InChI=1S/C18H19N5/c1-13-3-5-15-9-14(4-6-17(15)21-13)10-23-11-16(12-23)22-18-19-7-2-8-20-18/h2-9,16H,10-12H2,1H3,(H,19,20,22). The molecule has 23 heavy (non-hydrogen) atoms. The Bertz CT molecular complexity index is 812. The molecule has 4 rings (SSSR count). The van der Waals surface area contributed by atoms with Crippen LogP contribution in [-0.2, 0) is 6.54 Å². The summed E-state index contributed by atoms with van der Waals surface area (Å²) < 4.78 is 0. The maximum Gasteiger partial charge on any atom is 0.222 e. The molecule has 1 saturated heterocycles. The molecule has 1 fully saturated rings. The van der Waals surface area contributed by atoms with Crippen molar-refractivity contribution in [2.24, 2.45) is 0 Å². The van der Waals surface area contributed by atoms with Crippen molar-refractivity contribution in [1.29, 1.82) is 0 Å². The molecular weight excluding hydrogens is 286 g/mol. The lowest BCUT2D eigenvalue weighted by molar-refractivity contribution is 0.153. The smallest absolute Gasteiger partial charge is 0.222 e. The topological polar surface area (TPSA) is 53.9 Å². The Labute approximate surface area is 135 Å². The number of hydrogen-bond acceptors (Lipinski definition) is 5. The maximum absolute atomic E-state index is 4.55. The van der Waals surface area contributed by atoms with Gasteiger partial charge in [0, 0.05) is 43.1 Å². The minimum Gasteiger partial charge on any atom is -0.349 e. The number of rotatable bonds is 4. The highest BCUT2D eigenvalue weighted by Crippen LogP contribution is 2.19. The summed E-state index contributed by atoms with van der Waals surface area (Å²) in [5.41, 5.74) is 3.46. The fourth-order valence-corrected chi connectivity index (χ4v) is 2.98. The van der Waals surface area contributed by atoms with Crippen LogP contribution in [0.4, 0.5) is 5.95 Å². The Morgan fingerprint density at radius 3 is 2.78 bits per heavy atom. The zero-order chi connectivity index (χ0) is 15.6. The van der Waals surface area contributed by atoms with Gasteiger partial charge in [0.05, 0.1) is 11.6 Å². The molecular formula is C18H19N5. The van der Waals surface area contributed by atoms with Crippen molar-refractivity contribution in [3.05, 3.63) is 60.0 Å². The molecule has 1 aromatic carbocycles. The lowest BCUT2D eigenvalue weighted by Crippen LogP contribution is -2.54. The van der Waals surface area contributed by atoms with Crippen LogP contribution in [0.5, 0.6) is 0 Å². The van der Waals surface area contributed by atoms with E-state index in [0.29, 0.717) is 12.0 Å². The number of aryl methyl sites for hydroxylation is 1. The first-order valence-corrected chi connectivity index (χ1v) is 7.88. The number of benzene rings is 1. The van der Waals surface area contributed by atoms with Crippen molar-refractivity contribution in [3.63, 3.8) is 0 Å². The number of nitrogens with one attached hydrogen (secondary N) is 1. The van der Waals surface area contributed by atoms with Gasteiger partial charge in [-0.05, 0) is 36.8 Å². The van der Waals surface area contributed by atoms with Crippen LogP contribution in [0.25, 0.3) is 10.9 Å². The molecule has 3 aromatic rings. The van der Waals surface area contributed by atoms with Gasteiger partial charge in [-0.1, -0.05) is 12.1 Å². The van der Waals surface area contributed by atoms with E-state index >= 15 is 0 Å². The summed E-state index contributed by atoms with van der Waals surface area (Å²) >= 11 is 0. The van der Waals surface area contributed by atoms with Crippen LogP contribution in [0.3, 0.4) is 0 Å². The SMILES string of the molecule is Cc1ccc2cc(CN3CC(Nc4ncccn4)C3)ccc2n1. The molecule has 1 aliphatic heterocycles. The Morgan fingerprint density at radius 2 is 1.96 bits per heavy atom. The zero-order valence-electron chi connectivity index (χ0n) is 13.1. The van der Waals surface area contributed by atoms with E-state index in [1.165, 1.54) is 10.9 Å². The molecule has 0 unspecified atom stereocenters. The Balaban J connectivity index is 1.36. The molecule has 0 spiro atoms. The van der Waals surface area contributed by atoms with E-state index in [9.17, 15) is 0 Å². The summed E-state index contributed by atoms with van der Waals surface area (Å²) in [6, 6.07) is 13.0. The van der Waals surface area contributed by atoms with Gasteiger partial charge in [-0.25, -0.2) is 9.97 Å². The van der Waals surface area contributed by atoms with E-state index < -0.39 is 0 Å². The van der Waals surface area contributed by atoms with E-state index in [4.69, 9.17) is 0 Å². The van der Waals surface area contributed by atoms with Gasteiger partial charge in [0.15, 0.2) is 0 Å². The van der Waals surface area contributed by atoms with Crippen LogP contribution in [-0.4, -0.2) is 39.0 Å². The number of anilines is 1. The molecule has 0 atom stereocenters. The third-order valence-electron chi connectivity index (χ3n) is 4.16. The molecule has 0 amide bonds. The normalized spacial score (nSPS) is 15.5. The van der Waals surface area contributed by atoms with Gasteiger partial charge in [-0.15, -0.1) is 0 Å². The first-order chi connectivity index (χ1) is 11.3. The predicted octanol–water partition coefficient (Wildman–Crippen LogP) is 2.63. The van der Waals surface area contributed by atoms with E-state index in [0.717, 1.165) is 30.8 Å². The number of hydrogen-bond donors (Lipinski definition) is 1. The number of aromatic nitrogens is 3. The lowest BCUT2D eigenvalue weighted by atomic mass is 10.1. The van der Waals surface area contributed by atoms with Crippen LogP contribution in [0, 0.1) is 6.92 Å². The predicted molar refractivity (Wildman–Crippen MR) is 91.2 cm³/mol. The van der Waals surface area contributed by atoms with Gasteiger partial charge >= 0.3 is 0 Å². The Kier molecular flexibility index (Phi) is 3.63. The fraction of sp³-hybridized carbons (Fsp3) is 0.278. The van der Waals surface area contributed by atoms with Gasteiger partial charge < -0.3 is 5.32 Å². The highest BCUT2D eigenvalue weighted by molar-refractivity contribution is 5.79. The molecule has 2 aromatic heterocycles. The van der Waals surface area contributed by atoms with E-state index in [1.807, 2.05) is 13.0 Å². The molecule has 1 aliphatic rings. The minimum atomic E-state index is 0.433. The summed E-state index contributed by atoms with van der Waals surface area (Å²) in [5.74, 6) is 0.712. The van der Waals surface area contributed by atoms with Crippen molar-refractivity contribution in [2.75, 3.05) is 18.4 Å². The number of likely N-dealkylation sites (tertiary alicyclic amines) is 1. The van der Waals surface area contributed by atoms with Crippen LogP contribution in [0.1, 0.15) is 11.3 Å². The first-order valence-electron chi connectivity index (χ1n) is 7.88. The molecule has 5 heteroatoms. The summed E-state index contributed by atoms with van der Waals surface area (Å²) in [7, 11) is 0. The molecule has 5 nitrogen and oxygen atoms in total. The van der Waals surface area contributed by atoms with Gasteiger partial charge in [0.25, 0.3) is 0 Å². The maximum atomic E-state index is 4.55. The monoisotopic (exact) mass is 305 g/mol. The second-order valence-electron chi connectivity index (χ2n) is 6.09. The minimum absolute atomic E-state index is 0.433. The third-order valence-corrected chi connectivity index (χ3v) is 4.16. The van der Waals surface area contributed by atoms with Crippen molar-refractivity contribution in [2.45, 2.75) is 19.5 Å². The van der Waals surface area contributed by atoms with Gasteiger partial charge in [0.2, 0.25) is 5.95 Å². The molecule has 1 N–H and O–H groups in total. The van der Waals surface area contributed by atoms with Crippen molar-refractivity contribution < 1.29 is 0 Å². The fourth-order valence-electron chi connectivity index (χ4n) is 2.98. The van der Waals surface area contributed by atoms with Crippen LogP contribution < -0.4 is 5.32 Å². The number of fused-ring (bicyclic) bond motifs is 1. The quantitative estimate of drug-likeness (QED) is 0.803. The average molecular weight is 305 g/mol. The Hall–Kier alpha value is -2.53. The average Bonchev–Trinajstić information content (AvgIpc) is 2.54. The van der Waals surface area contributed by atoms with Crippen molar-refractivity contribution in [3.8, 4) is 0 Å². The van der Waals surface area contributed by atoms with E-state index in [2.05, 4.69) is 55.5 Å². The van der Waals surface area contributed by atoms with Gasteiger partial charge in [-0.2, -0.15) is 0 Å². The number of pyridine rings is 1.